The lowest BCUT2D eigenvalue weighted by Crippen LogP contribution is -2.53. The van der Waals surface area contributed by atoms with E-state index in [0.717, 1.165) is 19.4 Å². The van der Waals surface area contributed by atoms with E-state index < -0.39 is 5.54 Å². The normalized spacial score (nSPS) is 25.4. The van der Waals surface area contributed by atoms with Gasteiger partial charge in [-0.25, -0.2) is 0 Å². The Balaban J connectivity index is 2.31. The second-order valence-corrected chi connectivity index (χ2v) is 5.28. The molecular formula is C13H26N2O3. The summed E-state index contributed by atoms with van der Waals surface area (Å²) in [6, 6.07) is 0. The number of primary amides is 1. The molecule has 3 N–H and O–H groups in total. The number of ether oxygens (including phenoxy) is 2. The number of hydrogen-bond donors (Lipinski definition) is 2. The summed E-state index contributed by atoms with van der Waals surface area (Å²) in [6.45, 7) is 5.19. The van der Waals surface area contributed by atoms with Crippen LogP contribution in [0.5, 0.6) is 0 Å². The number of hydrogen-bond acceptors (Lipinski definition) is 4. The van der Waals surface area contributed by atoms with E-state index in [1.54, 1.807) is 14.0 Å². The molecule has 1 amide bonds. The predicted octanol–water partition coefficient (Wildman–Crippen LogP) is 0.814. The van der Waals surface area contributed by atoms with Gasteiger partial charge in [0.2, 0.25) is 5.91 Å². The molecule has 106 valence electrons. The Morgan fingerprint density at radius 1 is 1.61 bits per heavy atom. The van der Waals surface area contributed by atoms with E-state index in [4.69, 9.17) is 15.2 Å². The van der Waals surface area contributed by atoms with Crippen LogP contribution in [0.3, 0.4) is 0 Å². The monoisotopic (exact) mass is 258 g/mol. The third-order valence-electron chi connectivity index (χ3n) is 3.63. The summed E-state index contributed by atoms with van der Waals surface area (Å²) < 4.78 is 11.4. The van der Waals surface area contributed by atoms with Crippen molar-refractivity contribution in [2.75, 3.05) is 20.3 Å². The zero-order valence-electron chi connectivity index (χ0n) is 11.7. The maximum Gasteiger partial charge on any atom is 0.237 e. The van der Waals surface area contributed by atoms with Gasteiger partial charge in [-0.1, -0.05) is 0 Å². The van der Waals surface area contributed by atoms with E-state index in [-0.39, 0.29) is 18.1 Å². The van der Waals surface area contributed by atoms with Crippen molar-refractivity contribution in [3.63, 3.8) is 0 Å². The minimum atomic E-state index is -0.715. The van der Waals surface area contributed by atoms with E-state index >= 15 is 0 Å². The summed E-state index contributed by atoms with van der Waals surface area (Å²) in [7, 11) is 1.74. The van der Waals surface area contributed by atoms with Crippen LogP contribution in [0.15, 0.2) is 0 Å². The topological polar surface area (TPSA) is 73.6 Å². The summed E-state index contributed by atoms with van der Waals surface area (Å²) in [5, 5.41) is 2.96. The van der Waals surface area contributed by atoms with Crippen molar-refractivity contribution in [1.82, 2.24) is 5.32 Å². The van der Waals surface area contributed by atoms with Crippen molar-refractivity contribution in [3.05, 3.63) is 0 Å². The first kappa shape index (κ1) is 15.4. The molecule has 1 fully saturated rings. The van der Waals surface area contributed by atoms with Gasteiger partial charge in [-0.2, -0.15) is 0 Å². The molecule has 0 spiro atoms. The molecule has 1 aliphatic heterocycles. The molecule has 0 saturated carbocycles. The summed E-state index contributed by atoms with van der Waals surface area (Å²) in [4.78, 5) is 11.4. The average molecular weight is 258 g/mol. The average Bonchev–Trinajstić information content (AvgIpc) is 2.37. The number of nitrogens with two attached hydrogens (primary N) is 1. The highest BCUT2D eigenvalue weighted by Gasteiger charge is 2.31. The molecule has 18 heavy (non-hydrogen) atoms. The molecule has 3 atom stereocenters. The molecule has 5 nitrogen and oxygen atoms in total. The van der Waals surface area contributed by atoms with Gasteiger partial charge in [0.15, 0.2) is 0 Å². The summed E-state index contributed by atoms with van der Waals surface area (Å²) in [5.41, 5.74) is 4.67. The third kappa shape index (κ3) is 4.55. The van der Waals surface area contributed by atoms with Gasteiger partial charge in [0, 0.05) is 13.0 Å². The largest absolute Gasteiger partial charge is 0.376 e. The third-order valence-corrected chi connectivity index (χ3v) is 3.63. The maximum atomic E-state index is 11.4. The lowest BCUT2D eigenvalue weighted by atomic mass is 9.94. The number of carbonyl (C=O) groups is 1. The second kappa shape index (κ2) is 7.07. The van der Waals surface area contributed by atoms with Crippen LogP contribution in [0.2, 0.25) is 0 Å². The molecule has 1 aliphatic rings. The van der Waals surface area contributed by atoms with Gasteiger partial charge in [0.1, 0.15) is 0 Å². The fraction of sp³-hybridized carbons (Fsp3) is 0.923. The molecular weight excluding hydrogens is 232 g/mol. The van der Waals surface area contributed by atoms with E-state index in [9.17, 15) is 4.79 Å². The van der Waals surface area contributed by atoms with Crippen LogP contribution >= 0.6 is 0 Å². The fourth-order valence-electron chi connectivity index (χ4n) is 2.17. The van der Waals surface area contributed by atoms with Gasteiger partial charge < -0.3 is 20.5 Å². The molecule has 0 aliphatic carbocycles. The summed E-state index contributed by atoms with van der Waals surface area (Å²) in [5.74, 6) is -0.352. The van der Waals surface area contributed by atoms with E-state index in [2.05, 4.69) is 5.32 Å². The lowest BCUT2D eigenvalue weighted by molar-refractivity contribution is -0.125. The zero-order chi connectivity index (χ0) is 13.6. The van der Waals surface area contributed by atoms with Crippen LogP contribution in [0.25, 0.3) is 0 Å². The Kier molecular flexibility index (Phi) is 6.05. The Hall–Kier alpha value is -0.650. The molecule has 0 bridgehead atoms. The molecule has 1 rings (SSSR count). The number of nitrogens with one attached hydrogen (secondary N) is 1. The van der Waals surface area contributed by atoms with Crippen molar-refractivity contribution in [2.45, 2.75) is 57.3 Å². The van der Waals surface area contributed by atoms with Crippen LogP contribution in [0, 0.1) is 0 Å². The van der Waals surface area contributed by atoms with Crippen molar-refractivity contribution >= 4 is 5.91 Å². The number of likely N-dealkylation sites (N-methyl/N-ethyl adjacent to an activating group) is 1. The quantitative estimate of drug-likeness (QED) is 0.709. The SMILES string of the molecule is CNC(C)(CC(C)OCC1CCCCO1)C(N)=O. The lowest BCUT2D eigenvalue weighted by Gasteiger charge is -2.30. The van der Waals surface area contributed by atoms with Crippen LogP contribution < -0.4 is 11.1 Å². The summed E-state index contributed by atoms with van der Waals surface area (Å²) >= 11 is 0. The smallest absolute Gasteiger partial charge is 0.237 e. The number of rotatable bonds is 7. The predicted molar refractivity (Wildman–Crippen MR) is 70.3 cm³/mol. The molecule has 1 saturated heterocycles. The summed E-state index contributed by atoms with van der Waals surface area (Å²) in [6.07, 6.45) is 4.15. The Labute approximate surface area is 109 Å². The van der Waals surface area contributed by atoms with Crippen LogP contribution in [-0.2, 0) is 14.3 Å². The highest BCUT2D eigenvalue weighted by Crippen LogP contribution is 2.17. The van der Waals surface area contributed by atoms with Gasteiger partial charge in [0.05, 0.1) is 24.4 Å². The first-order valence-electron chi connectivity index (χ1n) is 6.70. The molecule has 3 unspecified atom stereocenters. The standard InChI is InChI=1S/C13H26N2O3/c1-10(8-13(2,15-3)12(14)16)18-9-11-6-4-5-7-17-11/h10-11,15H,4-9H2,1-3H3,(H2,14,16). The molecule has 5 heteroatoms. The highest BCUT2D eigenvalue weighted by atomic mass is 16.5. The fourth-order valence-corrected chi connectivity index (χ4v) is 2.17. The highest BCUT2D eigenvalue weighted by molar-refractivity contribution is 5.84. The first-order chi connectivity index (χ1) is 8.48. The minimum Gasteiger partial charge on any atom is -0.376 e. The number of carbonyl (C=O) groups excluding carboxylic acids is 1. The molecule has 0 aromatic rings. The Morgan fingerprint density at radius 3 is 2.83 bits per heavy atom. The van der Waals surface area contributed by atoms with Crippen LogP contribution in [0.4, 0.5) is 0 Å². The number of amides is 1. The van der Waals surface area contributed by atoms with Crippen molar-refractivity contribution in [3.8, 4) is 0 Å². The van der Waals surface area contributed by atoms with E-state index in [1.165, 1.54) is 6.42 Å². The van der Waals surface area contributed by atoms with Gasteiger partial charge in [-0.05, 0) is 40.2 Å². The van der Waals surface area contributed by atoms with Crippen LogP contribution in [0.1, 0.15) is 39.5 Å². The molecule has 0 aromatic carbocycles. The van der Waals surface area contributed by atoms with Gasteiger partial charge in [-0.15, -0.1) is 0 Å². The molecule has 0 radical (unpaired) electrons. The first-order valence-corrected chi connectivity index (χ1v) is 6.70. The second-order valence-electron chi connectivity index (χ2n) is 5.28. The molecule has 0 aromatic heterocycles. The van der Waals surface area contributed by atoms with Crippen molar-refractivity contribution < 1.29 is 14.3 Å². The van der Waals surface area contributed by atoms with Crippen molar-refractivity contribution in [1.29, 1.82) is 0 Å². The Bertz CT molecular complexity index is 267. The maximum absolute atomic E-state index is 11.4. The zero-order valence-corrected chi connectivity index (χ0v) is 11.7. The van der Waals surface area contributed by atoms with E-state index in [0.29, 0.717) is 13.0 Å². The van der Waals surface area contributed by atoms with Gasteiger partial charge in [-0.3, -0.25) is 4.79 Å². The van der Waals surface area contributed by atoms with E-state index in [1.807, 2.05) is 6.92 Å². The Morgan fingerprint density at radius 2 is 2.33 bits per heavy atom. The minimum absolute atomic E-state index is 0.0273. The molecule has 1 heterocycles. The van der Waals surface area contributed by atoms with Crippen molar-refractivity contribution in [2.24, 2.45) is 5.73 Å². The van der Waals surface area contributed by atoms with Gasteiger partial charge >= 0.3 is 0 Å². The van der Waals surface area contributed by atoms with Gasteiger partial charge in [0.25, 0.3) is 0 Å². The van der Waals surface area contributed by atoms with Crippen LogP contribution in [-0.4, -0.2) is 43.9 Å².